The minimum absolute atomic E-state index is 0.888. The van der Waals surface area contributed by atoms with E-state index >= 15 is 0 Å². The molecule has 7 aromatic carbocycles. The predicted octanol–water partition coefficient (Wildman–Crippen LogP) is 12.1. The largest absolute Gasteiger partial charge is 0.456 e. The van der Waals surface area contributed by atoms with E-state index in [4.69, 9.17) is 8.83 Å². The molecule has 3 heteroatoms. The van der Waals surface area contributed by atoms with E-state index in [1.807, 2.05) is 30.0 Å². The summed E-state index contributed by atoms with van der Waals surface area (Å²) < 4.78 is 12.7. The first kappa shape index (κ1) is 23.3. The van der Waals surface area contributed by atoms with Crippen LogP contribution in [-0.4, -0.2) is 0 Å². The van der Waals surface area contributed by atoms with Gasteiger partial charge in [0.05, 0.1) is 0 Å². The second-order valence-corrected chi connectivity index (χ2v) is 12.3. The predicted molar refractivity (Wildman–Crippen MR) is 179 cm³/mol. The molecule has 1 aliphatic heterocycles. The van der Waals surface area contributed by atoms with Crippen LogP contribution >= 0.6 is 11.8 Å². The summed E-state index contributed by atoms with van der Waals surface area (Å²) in [6.45, 7) is 0. The first-order valence-electron chi connectivity index (χ1n) is 14.5. The molecule has 0 saturated carbocycles. The van der Waals surface area contributed by atoms with E-state index in [-0.39, 0.29) is 0 Å². The maximum absolute atomic E-state index is 6.57. The van der Waals surface area contributed by atoms with Gasteiger partial charge in [0.1, 0.15) is 22.3 Å². The molecule has 2 nitrogen and oxygen atoms in total. The smallest absolute Gasteiger partial charge is 0.136 e. The number of hydrogen-bond donors (Lipinski definition) is 0. The van der Waals surface area contributed by atoms with Crippen molar-refractivity contribution in [2.75, 3.05) is 0 Å². The molecule has 43 heavy (non-hydrogen) atoms. The minimum atomic E-state index is 0.888. The molecule has 0 fully saturated rings. The van der Waals surface area contributed by atoms with Crippen LogP contribution in [-0.2, 0) is 0 Å². The summed E-state index contributed by atoms with van der Waals surface area (Å²) in [7, 11) is 0. The third-order valence-electron chi connectivity index (χ3n) is 8.90. The molecular formula is C40H22O2S. The van der Waals surface area contributed by atoms with Gasteiger partial charge in [-0.15, -0.1) is 0 Å². The quantitative estimate of drug-likeness (QED) is 0.208. The molecule has 0 saturated heterocycles. The van der Waals surface area contributed by atoms with E-state index in [9.17, 15) is 0 Å². The van der Waals surface area contributed by atoms with Crippen LogP contribution in [0.5, 0.6) is 0 Å². The normalized spacial score (nSPS) is 12.6. The molecule has 3 heterocycles. The Kier molecular flexibility index (Phi) is 4.68. The van der Waals surface area contributed by atoms with Gasteiger partial charge in [-0.25, -0.2) is 0 Å². The lowest BCUT2D eigenvalue weighted by molar-refractivity contribution is 0.668. The molecule has 10 rings (SSSR count). The Bertz CT molecular complexity index is 2600. The highest BCUT2D eigenvalue weighted by molar-refractivity contribution is 7.99. The zero-order valence-corrected chi connectivity index (χ0v) is 23.7. The lowest BCUT2D eigenvalue weighted by atomic mass is 9.92. The summed E-state index contributed by atoms with van der Waals surface area (Å²) in [6, 6.07) is 47.6. The summed E-state index contributed by atoms with van der Waals surface area (Å²) in [5, 5.41) is 7.13. The summed E-state index contributed by atoms with van der Waals surface area (Å²) in [6.07, 6.45) is 0. The van der Waals surface area contributed by atoms with Gasteiger partial charge < -0.3 is 8.83 Å². The molecule has 0 radical (unpaired) electrons. The molecule has 2 aromatic heterocycles. The second kappa shape index (κ2) is 8.64. The van der Waals surface area contributed by atoms with Gasteiger partial charge in [-0.05, 0) is 87.3 Å². The molecule has 200 valence electrons. The zero-order chi connectivity index (χ0) is 28.1. The van der Waals surface area contributed by atoms with E-state index < -0.39 is 0 Å². The number of furan rings is 2. The Hall–Kier alpha value is -5.25. The van der Waals surface area contributed by atoms with Crippen molar-refractivity contribution in [2.24, 2.45) is 0 Å². The highest BCUT2D eigenvalue weighted by Crippen LogP contribution is 2.50. The van der Waals surface area contributed by atoms with Crippen molar-refractivity contribution >= 4 is 66.4 Å². The second-order valence-electron chi connectivity index (χ2n) is 11.2. The van der Waals surface area contributed by atoms with Crippen molar-refractivity contribution in [3.05, 3.63) is 133 Å². The van der Waals surface area contributed by atoms with Crippen LogP contribution in [0, 0.1) is 0 Å². The maximum Gasteiger partial charge on any atom is 0.136 e. The Morgan fingerprint density at radius 2 is 1.00 bits per heavy atom. The van der Waals surface area contributed by atoms with E-state index in [2.05, 4.69) is 115 Å². The van der Waals surface area contributed by atoms with Crippen molar-refractivity contribution in [1.82, 2.24) is 0 Å². The molecule has 0 unspecified atom stereocenters. The van der Waals surface area contributed by atoms with Crippen LogP contribution in [0.25, 0.3) is 88.0 Å². The number of benzene rings is 7. The first-order valence-corrected chi connectivity index (χ1v) is 15.3. The van der Waals surface area contributed by atoms with Gasteiger partial charge in [-0.3, -0.25) is 0 Å². The third kappa shape index (κ3) is 3.31. The van der Waals surface area contributed by atoms with Gasteiger partial charge in [0.2, 0.25) is 0 Å². The lowest BCUT2D eigenvalue weighted by Gasteiger charge is -2.21. The van der Waals surface area contributed by atoms with E-state index in [1.165, 1.54) is 37.3 Å². The highest BCUT2D eigenvalue weighted by Gasteiger charge is 2.21. The number of rotatable bonds is 2. The van der Waals surface area contributed by atoms with Crippen LogP contribution in [0.15, 0.2) is 152 Å². The highest BCUT2D eigenvalue weighted by atomic mass is 32.2. The van der Waals surface area contributed by atoms with Crippen molar-refractivity contribution in [3.8, 4) is 33.4 Å². The number of para-hydroxylation sites is 1. The van der Waals surface area contributed by atoms with Crippen molar-refractivity contribution in [1.29, 1.82) is 0 Å². The molecule has 9 aromatic rings. The van der Waals surface area contributed by atoms with Crippen LogP contribution in [0.1, 0.15) is 0 Å². The zero-order valence-electron chi connectivity index (χ0n) is 22.9. The molecule has 0 bridgehead atoms. The third-order valence-corrected chi connectivity index (χ3v) is 10.0. The van der Waals surface area contributed by atoms with Gasteiger partial charge in [-0.1, -0.05) is 96.7 Å². The van der Waals surface area contributed by atoms with E-state index in [0.29, 0.717) is 0 Å². The van der Waals surface area contributed by atoms with Crippen LogP contribution in [0.2, 0.25) is 0 Å². The fourth-order valence-corrected chi connectivity index (χ4v) is 8.09. The summed E-state index contributed by atoms with van der Waals surface area (Å²) in [4.78, 5) is 2.63. The Morgan fingerprint density at radius 1 is 0.349 bits per heavy atom. The fourth-order valence-electron chi connectivity index (χ4n) is 6.96. The van der Waals surface area contributed by atoms with Crippen LogP contribution in [0.4, 0.5) is 0 Å². The van der Waals surface area contributed by atoms with Crippen LogP contribution in [0.3, 0.4) is 0 Å². The number of fused-ring (bicyclic) bond motifs is 8. The maximum atomic E-state index is 6.57. The van der Waals surface area contributed by atoms with Gasteiger partial charge in [0.25, 0.3) is 0 Å². The molecule has 0 atom stereocenters. The van der Waals surface area contributed by atoms with Gasteiger partial charge in [-0.2, -0.15) is 0 Å². The van der Waals surface area contributed by atoms with E-state index in [1.54, 1.807) is 0 Å². The van der Waals surface area contributed by atoms with Crippen molar-refractivity contribution in [2.45, 2.75) is 9.79 Å². The Morgan fingerprint density at radius 3 is 1.88 bits per heavy atom. The SMILES string of the molecule is c1ccc2c(c1)Sc1ccc(-c3ccc4c(c3)oc3cc(-c5cccc6oc7ccccc7c56)ccc34)c3cccc-2c13. The summed E-state index contributed by atoms with van der Waals surface area (Å²) >= 11 is 1.86. The number of hydrogen-bond acceptors (Lipinski definition) is 3. The van der Waals surface area contributed by atoms with Crippen molar-refractivity contribution in [3.63, 3.8) is 0 Å². The molecule has 0 spiro atoms. The summed E-state index contributed by atoms with van der Waals surface area (Å²) in [5.74, 6) is 0. The average molecular weight is 567 g/mol. The molecule has 1 aliphatic rings. The average Bonchev–Trinajstić information content (AvgIpc) is 3.62. The minimum Gasteiger partial charge on any atom is -0.456 e. The Labute approximate surface area is 251 Å². The van der Waals surface area contributed by atoms with Gasteiger partial charge in [0, 0.05) is 36.7 Å². The molecular weight excluding hydrogens is 545 g/mol. The van der Waals surface area contributed by atoms with Gasteiger partial charge in [0.15, 0.2) is 0 Å². The van der Waals surface area contributed by atoms with Crippen molar-refractivity contribution < 1.29 is 8.83 Å². The lowest BCUT2D eigenvalue weighted by Crippen LogP contribution is -1.93. The Balaban J connectivity index is 1.13. The topological polar surface area (TPSA) is 26.3 Å². The molecule has 0 N–H and O–H groups in total. The van der Waals surface area contributed by atoms with E-state index in [0.717, 1.165) is 60.6 Å². The fraction of sp³-hybridized carbons (Fsp3) is 0. The summed E-state index contributed by atoms with van der Waals surface area (Å²) in [5.41, 5.74) is 10.9. The monoisotopic (exact) mass is 566 g/mol. The standard InChI is InChI=1S/C40H22O2S/c1-3-12-33-32(8-1)39-26(9-6-13-34(39)41-33)24-16-18-28-27-17-15-23(21-35(27)42-36(28)22-24)25-19-20-38-40-30(25)10-5-11-31(40)29-7-2-4-14-37(29)43-38/h1-22H. The first-order chi connectivity index (χ1) is 21.3. The molecule has 0 aliphatic carbocycles. The van der Waals surface area contributed by atoms with Gasteiger partial charge >= 0.3 is 0 Å². The molecule has 0 amide bonds. The van der Waals surface area contributed by atoms with Crippen LogP contribution < -0.4 is 0 Å².